The Morgan fingerprint density at radius 3 is 2.56 bits per heavy atom. The van der Waals surface area contributed by atoms with E-state index in [1.165, 1.54) is 12.4 Å². The molecule has 0 radical (unpaired) electrons. The van der Waals surface area contributed by atoms with Crippen molar-refractivity contribution in [2.24, 2.45) is 0 Å². The van der Waals surface area contributed by atoms with E-state index in [9.17, 15) is 24.1 Å². The maximum Gasteiger partial charge on any atom is 0.154 e. The average molecular weight is 575 g/mol. The Morgan fingerprint density at radius 2 is 1.94 bits per heavy atom. The normalized spacial score (nSPS) is 24.7. The molecule has 2 aromatic heterocycles. The van der Waals surface area contributed by atoms with Gasteiger partial charge in [-0.1, -0.05) is 28.6 Å². The standard InChI is InChI=1S/C20H15BrClF2N5O4S/c21-10-3-9(5-26-13(10)4-25)34-20-19(32)17(18(31)15(7-30)33-20)29-6-14(27-28-29)8-1-11(23)16(22)12(24)2-8/h1-3,5-6,15,17-20,30-32H,7H2/t15?,17?,18-,19?,20+/m0/s1. The van der Waals surface area contributed by atoms with Gasteiger partial charge in [0.25, 0.3) is 0 Å². The highest BCUT2D eigenvalue weighted by Crippen LogP contribution is 2.39. The molecule has 1 aliphatic heterocycles. The fraction of sp³-hybridized carbons (Fsp3) is 0.300. The Balaban J connectivity index is 1.63. The lowest BCUT2D eigenvalue weighted by Gasteiger charge is -2.41. The van der Waals surface area contributed by atoms with Gasteiger partial charge in [-0.2, -0.15) is 5.26 Å². The van der Waals surface area contributed by atoms with Crippen LogP contribution in [-0.4, -0.2) is 65.7 Å². The van der Waals surface area contributed by atoms with E-state index < -0.39 is 53.1 Å². The molecule has 0 saturated carbocycles. The van der Waals surface area contributed by atoms with Crippen molar-refractivity contribution in [3.63, 3.8) is 0 Å². The smallest absolute Gasteiger partial charge is 0.154 e. The number of aliphatic hydroxyl groups is 3. The summed E-state index contributed by atoms with van der Waals surface area (Å²) >= 11 is 9.83. The molecule has 14 heteroatoms. The molecule has 3 N–H and O–H groups in total. The van der Waals surface area contributed by atoms with Crippen molar-refractivity contribution in [1.82, 2.24) is 20.0 Å². The van der Waals surface area contributed by atoms with Crippen molar-refractivity contribution in [3.8, 4) is 17.3 Å². The molecule has 4 rings (SSSR count). The van der Waals surface area contributed by atoms with Crippen LogP contribution in [-0.2, 0) is 4.74 Å². The van der Waals surface area contributed by atoms with E-state index in [0.717, 1.165) is 28.6 Å². The van der Waals surface area contributed by atoms with Crippen molar-refractivity contribution in [2.75, 3.05) is 6.61 Å². The third-order valence-corrected chi connectivity index (χ3v) is 7.20. The van der Waals surface area contributed by atoms with Gasteiger partial charge in [-0.3, -0.25) is 0 Å². The number of nitriles is 1. The molecule has 0 aliphatic carbocycles. The lowest BCUT2D eigenvalue weighted by molar-refractivity contribution is -0.178. The van der Waals surface area contributed by atoms with Crippen LogP contribution in [0.4, 0.5) is 8.78 Å². The number of pyridine rings is 1. The van der Waals surface area contributed by atoms with Crippen molar-refractivity contribution >= 4 is 39.3 Å². The Bertz CT molecular complexity index is 1240. The maximum atomic E-state index is 13.9. The molecule has 9 nitrogen and oxygen atoms in total. The van der Waals surface area contributed by atoms with Crippen LogP contribution >= 0.6 is 39.3 Å². The van der Waals surface area contributed by atoms with Crippen LogP contribution in [0.15, 0.2) is 40.0 Å². The second-order valence-electron chi connectivity index (χ2n) is 7.27. The minimum Gasteiger partial charge on any atom is -0.394 e. The molecule has 0 bridgehead atoms. The summed E-state index contributed by atoms with van der Waals surface area (Å²) in [7, 11) is 0. The summed E-state index contributed by atoms with van der Waals surface area (Å²) in [6, 6.07) is 4.41. The van der Waals surface area contributed by atoms with Crippen molar-refractivity contribution in [1.29, 1.82) is 5.26 Å². The van der Waals surface area contributed by atoms with Gasteiger partial charge in [0.1, 0.15) is 58.2 Å². The fourth-order valence-electron chi connectivity index (χ4n) is 3.44. The van der Waals surface area contributed by atoms with Gasteiger partial charge < -0.3 is 20.1 Å². The summed E-state index contributed by atoms with van der Waals surface area (Å²) in [4.78, 5) is 4.56. The molecule has 3 heterocycles. The fourth-order valence-corrected chi connectivity index (χ4v) is 5.20. The number of halogens is 4. The van der Waals surface area contributed by atoms with E-state index in [4.69, 9.17) is 21.6 Å². The molecule has 5 atom stereocenters. The van der Waals surface area contributed by atoms with Gasteiger partial charge in [0.15, 0.2) is 5.69 Å². The van der Waals surface area contributed by atoms with Gasteiger partial charge in [-0.05, 0) is 34.1 Å². The van der Waals surface area contributed by atoms with Gasteiger partial charge in [0, 0.05) is 16.7 Å². The number of aromatic nitrogens is 4. The van der Waals surface area contributed by atoms with Gasteiger partial charge >= 0.3 is 0 Å². The Labute approximate surface area is 209 Å². The lowest BCUT2D eigenvalue weighted by Crippen LogP contribution is -2.55. The van der Waals surface area contributed by atoms with Crippen LogP contribution in [0.5, 0.6) is 0 Å². The van der Waals surface area contributed by atoms with Crippen LogP contribution in [0.1, 0.15) is 11.7 Å². The number of nitrogens with zero attached hydrogens (tertiary/aromatic N) is 5. The first kappa shape index (κ1) is 24.9. The van der Waals surface area contributed by atoms with Crippen molar-refractivity contribution in [3.05, 3.63) is 57.4 Å². The molecule has 3 aromatic rings. The minimum atomic E-state index is -1.38. The predicted molar refractivity (Wildman–Crippen MR) is 120 cm³/mol. The zero-order valence-electron chi connectivity index (χ0n) is 16.9. The summed E-state index contributed by atoms with van der Waals surface area (Å²) < 4.78 is 35.0. The Kier molecular flexibility index (Phi) is 7.48. The molecule has 1 aromatic carbocycles. The monoisotopic (exact) mass is 573 g/mol. The highest BCUT2D eigenvalue weighted by atomic mass is 79.9. The summed E-state index contributed by atoms with van der Waals surface area (Å²) in [5.41, 5.74) is -0.656. The van der Waals surface area contributed by atoms with E-state index in [1.54, 1.807) is 6.07 Å². The SMILES string of the molecule is N#Cc1ncc(S[C@H]2OC(CO)[C@H](O)C(n3cc(-c4cc(F)c(Cl)c(F)c4)nn3)C2O)cc1Br. The van der Waals surface area contributed by atoms with Crippen LogP contribution in [0, 0.1) is 23.0 Å². The first-order valence-electron chi connectivity index (χ1n) is 9.65. The Morgan fingerprint density at radius 1 is 1.24 bits per heavy atom. The van der Waals surface area contributed by atoms with E-state index in [2.05, 4.69) is 31.2 Å². The third-order valence-electron chi connectivity index (χ3n) is 5.12. The lowest BCUT2D eigenvalue weighted by atomic mass is 9.97. The molecular formula is C20H15BrClF2N5O4S. The summed E-state index contributed by atoms with van der Waals surface area (Å²) in [6.07, 6.45) is -1.06. The van der Waals surface area contributed by atoms with Crippen LogP contribution in [0.2, 0.25) is 5.02 Å². The Hall–Kier alpha value is -2.18. The number of aliphatic hydroxyl groups excluding tert-OH is 3. The van der Waals surface area contributed by atoms with E-state index in [0.29, 0.717) is 9.37 Å². The molecular weight excluding hydrogens is 560 g/mol. The van der Waals surface area contributed by atoms with E-state index in [-0.39, 0.29) is 17.0 Å². The number of thioether (sulfide) groups is 1. The number of benzene rings is 1. The number of ether oxygens (including phenoxy) is 1. The molecule has 0 spiro atoms. The minimum absolute atomic E-state index is 0.0554. The van der Waals surface area contributed by atoms with Gasteiger partial charge in [0.2, 0.25) is 0 Å². The summed E-state index contributed by atoms with van der Waals surface area (Å²) in [5, 5.41) is 47.6. The first-order valence-corrected chi connectivity index (χ1v) is 11.7. The largest absolute Gasteiger partial charge is 0.394 e. The summed E-state index contributed by atoms with van der Waals surface area (Å²) in [6.45, 7) is -0.550. The van der Waals surface area contributed by atoms with Gasteiger partial charge in [-0.25, -0.2) is 18.4 Å². The highest BCUT2D eigenvalue weighted by molar-refractivity contribution is 9.10. The molecule has 0 amide bonds. The van der Waals surface area contributed by atoms with Crippen molar-refractivity contribution < 1.29 is 28.8 Å². The molecule has 1 aliphatic rings. The van der Waals surface area contributed by atoms with Crippen molar-refractivity contribution in [2.45, 2.75) is 34.7 Å². The quantitative estimate of drug-likeness (QED) is 0.393. The zero-order valence-corrected chi connectivity index (χ0v) is 20.0. The number of hydrogen-bond donors (Lipinski definition) is 3. The first-order chi connectivity index (χ1) is 16.2. The molecule has 34 heavy (non-hydrogen) atoms. The second kappa shape index (κ2) is 10.2. The molecule has 3 unspecified atom stereocenters. The second-order valence-corrected chi connectivity index (χ2v) is 9.67. The van der Waals surface area contributed by atoms with E-state index in [1.807, 2.05) is 6.07 Å². The molecule has 1 saturated heterocycles. The van der Waals surface area contributed by atoms with Gasteiger partial charge in [-0.15, -0.1) is 5.10 Å². The maximum absolute atomic E-state index is 13.9. The van der Waals surface area contributed by atoms with Crippen LogP contribution in [0.25, 0.3) is 11.3 Å². The number of rotatable bonds is 5. The third kappa shape index (κ3) is 4.80. The predicted octanol–water partition coefficient (Wildman–Crippen LogP) is 2.68. The topological polar surface area (TPSA) is 137 Å². The zero-order chi connectivity index (χ0) is 24.6. The molecule has 1 fully saturated rings. The highest BCUT2D eigenvalue weighted by Gasteiger charge is 2.46. The van der Waals surface area contributed by atoms with E-state index >= 15 is 0 Å². The average Bonchev–Trinajstić information content (AvgIpc) is 3.29. The van der Waals surface area contributed by atoms with Crippen LogP contribution in [0.3, 0.4) is 0 Å². The summed E-state index contributed by atoms with van der Waals surface area (Å²) in [5.74, 6) is -1.95. The van der Waals surface area contributed by atoms with Gasteiger partial charge in [0.05, 0.1) is 17.3 Å². The molecule has 178 valence electrons. The van der Waals surface area contributed by atoms with Crippen LogP contribution < -0.4 is 0 Å². The number of hydrogen-bond acceptors (Lipinski definition) is 9.